The highest BCUT2D eigenvalue weighted by Crippen LogP contribution is 2.31. The molecule has 2 aliphatic rings. The van der Waals surface area contributed by atoms with E-state index in [4.69, 9.17) is 0 Å². The second-order valence-corrected chi connectivity index (χ2v) is 12.2. The van der Waals surface area contributed by atoms with E-state index in [1.807, 2.05) is 6.92 Å². The van der Waals surface area contributed by atoms with Crippen molar-refractivity contribution >= 4 is 31.6 Å². The first-order chi connectivity index (χ1) is 15.6. The number of sulfonamides is 2. The molecule has 0 unspecified atom stereocenters. The van der Waals surface area contributed by atoms with Crippen molar-refractivity contribution < 1.29 is 26.7 Å². The number of aromatic hydroxyl groups is 1. The number of hydrogen-bond donors (Lipinski definition) is 2. The van der Waals surface area contributed by atoms with Crippen molar-refractivity contribution in [3.8, 4) is 5.75 Å². The molecule has 9 nitrogen and oxygen atoms in total. The minimum Gasteiger partial charge on any atom is -0.506 e. The first kappa shape index (κ1) is 23.7. The molecule has 2 aliphatic heterocycles. The minimum absolute atomic E-state index is 0.0342. The van der Waals surface area contributed by atoms with Gasteiger partial charge in [-0.05, 0) is 62.9 Å². The van der Waals surface area contributed by atoms with E-state index in [9.17, 15) is 26.7 Å². The van der Waals surface area contributed by atoms with Gasteiger partial charge in [-0.2, -0.15) is 8.61 Å². The zero-order valence-corrected chi connectivity index (χ0v) is 19.9. The van der Waals surface area contributed by atoms with Gasteiger partial charge in [0.15, 0.2) is 0 Å². The van der Waals surface area contributed by atoms with Crippen LogP contribution in [0.25, 0.3) is 0 Å². The number of rotatable bonds is 6. The summed E-state index contributed by atoms with van der Waals surface area (Å²) in [4.78, 5) is 13.1. The second-order valence-electron chi connectivity index (χ2n) is 8.37. The Balaban J connectivity index is 1.57. The highest BCUT2D eigenvalue weighted by atomic mass is 32.2. The van der Waals surface area contributed by atoms with E-state index in [1.54, 1.807) is 12.1 Å². The van der Waals surface area contributed by atoms with Crippen molar-refractivity contribution in [2.45, 2.75) is 48.4 Å². The van der Waals surface area contributed by atoms with E-state index < -0.39 is 32.0 Å². The molecule has 2 saturated heterocycles. The summed E-state index contributed by atoms with van der Waals surface area (Å²) in [5, 5.41) is 12.8. The van der Waals surface area contributed by atoms with Crippen LogP contribution in [0.4, 0.5) is 5.69 Å². The molecule has 0 spiro atoms. The first-order valence-corrected chi connectivity index (χ1v) is 13.7. The minimum atomic E-state index is -3.89. The van der Waals surface area contributed by atoms with E-state index >= 15 is 0 Å². The van der Waals surface area contributed by atoms with Crippen LogP contribution in [0.5, 0.6) is 5.75 Å². The number of anilines is 1. The molecule has 4 rings (SSSR count). The van der Waals surface area contributed by atoms with Gasteiger partial charge in [-0.1, -0.05) is 17.7 Å². The maximum Gasteiger partial charge on any atom is 0.243 e. The summed E-state index contributed by atoms with van der Waals surface area (Å²) in [5.41, 5.74) is 0.851. The molecule has 0 radical (unpaired) electrons. The van der Waals surface area contributed by atoms with Gasteiger partial charge in [-0.3, -0.25) is 4.79 Å². The van der Waals surface area contributed by atoms with Crippen molar-refractivity contribution in [1.82, 2.24) is 8.61 Å². The van der Waals surface area contributed by atoms with Gasteiger partial charge in [-0.15, -0.1) is 0 Å². The summed E-state index contributed by atoms with van der Waals surface area (Å²) in [6, 6.07) is 9.18. The number of nitrogens with one attached hydrogen (secondary N) is 1. The Labute approximate surface area is 194 Å². The van der Waals surface area contributed by atoms with Gasteiger partial charge in [0.25, 0.3) is 0 Å². The molecule has 0 aliphatic carbocycles. The molecule has 1 amide bonds. The van der Waals surface area contributed by atoms with E-state index in [1.165, 1.54) is 34.6 Å². The predicted molar refractivity (Wildman–Crippen MR) is 123 cm³/mol. The molecule has 2 heterocycles. The summed E-state index contributed by atoms with van der Waals surface area (Å²) < 4.78 is 54.5. The normalized spacial score (nSPS) is 20.2. The topological polar surface area (TPSA) is 124 Å². The van der Waals surface area contributed by atoms with Gasteiger partial charge >= 0.3 is 0 Å². The van der Waals surface area contributed by atoms with Crippen LogP contribution in [0.2, 0.25) is 0 Å². The quantitative estimate of drug-likeness (QED) is 0.595. The smallest absolute Gasteiger partial charge is 0.243 e. The largest absolute Gasteiger partial charge is 0.506 e. The van der Waals surface area contributed by atoms with Crippen molar-refractivity contribution in [1.29, 1.82) is 0 Å². The van der Waals surface area contributed by atoms with Crippen molar-refractivity contribution in [2.24, 2.45) is 0 Å². The number of aryl methyl sites for hydroxylation is 1. The Morgan fingerprint density at radius 2 is 1.55 bits per heavy atom. The van der Waals surface area contributed by atoms with E-state index in [0.717, 1.165) is 22.7 Å². The van der Waals surface area contributed by atoms with E-state index in [2.05, 4.69) is 5.32 Å². The van der Waals surface area contributed by atoms with Gasteiger partial charge in [0.05, 0.1) is 15.5 Å². The number of hydrogen-bond acceptors (Lipinski definition) is 6. The fraction of sp³-hybridized carbons (Fsp3) is 0.409. The highest BCUT2D eigenvalue weighted by molar-refractivity contribution is 7.89. The van der Waals surface area contributed by atoms with Crippen LogP contribution in [0.3, 0.4) is 0 Å². The molecule has 0 saturated carbocycles. The Morgan fingerprint density at radius 1 is 0.909 bits per heavy atom. The molecule has 2 fully saturated rings. The molecule has 11 heteroatoms. The third-order valence-electron chi connectivity index (χ3n) is 6.06. The van der Waals surface area contributed by atoms with Crippen LogP contribution in [0.1, 0.15) is 31.2 Å². The molecular formula is C22H27N3O6S2. The summed E-state index contributed by atoms with van der Waals surface area (Å²) >= 11 is 0. The van der Waals surface area contributed by atoms with Crippen LogP contribution >= 0.6 is 0 Å². The number of benzene rings is 2. The molecule has 2 aromatic rings. The highest BCUT2D eigenvalue weighted by Gasteiger charge is 2.39. The summed E-state index contributed by atoms with van der Waals surface area (Å²) in [6.45, 7) is 2.91. The number of phenols is 1. The number of amides is 1. The van der Waals surface area contributed by atoms with Crippen molar-refractivity contribution in [3.63, 3.8) is 0 Å². The molecule has 0 bridgehead atoms. The van der Waals surface area contributed by atoms with Gasteiger partial charge < -0.3 is 10.4 Å². The van der Waals surface area contributed by atoms with Crippen LogP contribution < -0.4 is 5.32 Å². The van der Waals surface area contributed by atoms with Crippen LogP contribution in [0, 0.1) is 6.92 Å². The molecule has 178 valence electrons. The molecule has 33 heavy (non-hydrogen) atoms. The van der Waals surface area contributed by atoms with E-state index in [0.29, 0.717) is 25.9 Å². The van der Waals surface area contributed by atoms with Gasteiger partial charge in [0.2, 0.25) is 26.0 Å². The number of phenolic OH excluding ortho intramolecular Hbond substituents is 1. The van der Waals surface area contributed by atoms with Gasteiger partial charge in [0.1, 0.15) is 11.8 Å². The zero-order valence-electron chi connectivity index (χ0n) is 18.3. The molecule has 2 aromatic carbocycles. The maximum atomic E-state index is 13.1. The number of nitrogens with zero attached hydrogens (tertiary/aromatic N) is 2. The molecular weight excluding hydrogens is 466 g/mol. The third-order valence-corrected chi connectivity index (χ3v) is 9.88. The fourth-order valence-electron chi connectivity index (χ4n) is 4.20. The zero-order chi connectivity index (χ0) is 23.8. The lowest BCUT2D eigenvalue weighted by atomic mass is 10.2. The maximum absolute atomic E-state index is 13.1. The average Bonchev–Trinajstić information content (AvgIpc) is 3.48. The average molecular weight is 494 g/mol. The van der Waals surface area contributed by atoms with Gasteiger partial charge in [-0.25, -0.2) is 16.8 Å². The van der Waals surface area contributed by atoms with Gasteiger partial charge in [0, 0.05) is 19.6 Å². The molecule has 1 atom stereocenters. The number of carbonyl (C=O) groups excluding carboxylic acids is 1. The Kier molecular flexibility index (Phi) is 6.50. The van der Waals surface area contributed by atoms with Crippen LogP contribution in [0.15, 0.2) is 52.3 Å². The standard InChI is InChI=1S/C22H27N3O6S2/c1-16-6-8-17(9-7-16)33(30,31)25-14-4-5-20(25)22(27)23-19-15-18(10-11-21(19)26)32(28,29)24-12-2-3-13-24/h6-11,15,20,26H,2-5,12-14H2,1H3,(H,23,27)/t20-/m0/s1. The lowest BCUT2D eigenvalue weighted by Crippen LogP contribution is -2.43. The molecule has 2 N–H and O–H groups in total. The van der Waals surface area contributed by atoms with Crippen LogP contribution in [-0.2, 0) is 24.8 Å². The van der Waals surface area contributed by atoms with Crippen LogP contribution in [-0.4, -0.2) is 62.1 Å². The third kappa shape index (κ3) is 4.63. The lowest BCUT2D eigenvalue weighted by Gasteiger charge is -2.24. The summed E-state index contributed by atoms with van der Waals surface area (Å²) in [6.07, 6.45) is 2.41. The Hall–Kier alpha value is -2.47. The van der Waals surface area contributed by atoms with E-state index in [-0.39, 0.29) is 27.8 Å². The Bertz CT molecular complexity index is 1250. The molecule has 0 aromatic heterocycles. The summed E-state index contributed by atoms with van der Waals surface area (Å²) in [5.74, 6) is -0.913. The Morgan fingerprint density at radius 3 is 2.21 bits per heavy atom. The van der Waals surface area contributed by atoms with Crippen molar-refractivity contribution in [3.05, 3.63) is 48.0 Å². The monoisotopic (exact) mass is 493 g/mol. The second kappa shape index (κ2) is 9.05. The summed E-state index contributed by atoms with van der Waals surface area (Å²) in [7, 11) is -7.63. The number of carbonyl (C=O) groups is 1. The van der Waals surface area contributed by atoms with Crippen molar-refractivity contribution in [2.75, 3.05) is 25.0 Å². The predicted octanol–water partition coefficient (Wildman–Crippen LogP) is 2.28. The SMILES string of the molecule is Cc1ccc(S(=O)(=O)N2CCC[C@H]2C(=O)Nc2cc(S(=O)(=O)N3CCCC3)ccc2O)cc1. The lowest BCUT2D eigenvalue weighted by molar-refractivity contribution is -0.119. The first-order valence-electron chi connectivity index (χ1n) is 10.8. The fourth-order valence-corrected chi connectivity index (χ4v) is 7.41.